The van der Waals surface area contributed by atoms with Crippen molar-refractivity contribution in [2.24, 2.45) is 0 Å². The fraction of sp³-hybridized carbons (Fsp3) is 0.538. The Morgan fingerprint density at radius 3 is 2.50 bits per heavy atom. The van der Waals surface area contributed by atoms with Gasteiger partial charge in [-0.1, -0.05) is 29.8 Å². The minimum Gasteiger partial charge on any atom is -0.496 e. The minimum absolute atomic E-state index is 0.144. The molecule has 0 amide bonds. The van der Waals surface area contributed by atoms with Crippen molar-refractivity contribution in [2.45, 2.75) is 33.1 Å². The van der Waals surface area contributed by atoms with E-state index in [1.54, 1.807) is 7.11 Å². The molecule has 0 spiro atoms. The van der Waals surface area contributed by atoms with Gasteiger partial charge in [-0.05, 0) is 36.5 Å². The zero-order valence-corrected chi connectivity index (χ0v) is 11.9. The second kappa shape index (κ2) is 5.69. The van der Waals surface area contributed by atoms with E-state index in [0.29, 0.717) is 12.3 Å². The van der Waals surface area contributed by atoms with Crippen LogP contribution in [-0.2, 0) is 6.42 Å². The molecule has 2 nitrogen and oxygen atoms in total. The first kappa shape index (κ1) is 13.5. The summed E-state index contributed by atoms with van der Waals surface area (Å²) in [5.41, 5.74) is 3.43. The van der Waals surface area contributed by atoms with Gasteiger partial charge < -0.3 is 9.84 Å². The third kappa shape index (κ3) is 2.58. The highest BCUT2D eigenvalue weighted by atomic mass is 79.9. The molecule has 0 bridgehead atoms. The van der Waals surface area contributed by atoms with Gasteiger partial charge in [-0.3, -0.25) is 0 Å². The van der Waals surface area contributed by atoms with Crippen molar-refractivity contribution in [3.8, 4) is 5.75 Å². The van der Waals surface area contributed by atoms with Crippen molar-refractivity contribution in [3.05, 3.63) is 27.2 Å². The van der Waals surface area contributed by atoms with Crippen LogP contribution in [-0.4, -0.2) is 18.8 Å². The monoisotopic (exact) mass is 286 g/mol. The maximum absolute atomic E-state index is 9.11. The zero-order chi connectivity index (χ0) is 12.3. The summed E-state index contributed by atoms with van der Waals surface area (Å²) in [6.07, 6.45) is 0.633. The lowest BCUT2D eigenvalue weighted by Crippen LogP contribution is -2.04. The molecule has 1 aromatic carbocycles. The van der Waals surface area contributed by atoms with Gasteiger partial charge in [0.25, 0.3) is 0 Å². The number of ether oxygens (including phenoxy) is 1. The highest BCUT2D eigenvalue weighted by molar-refractivity contribution is 9.10. The first-order chi connectivity index (χ1) is 7.52. The Hall–Kier alpha value is -0.540. The third-order valence-electron chi connectivity index (χ3n) is 2.82. The first-order valence-electron chi connectivity index (χ1n) is 5.49. The van der Waals surface area contributed by atoms with Crippen LogP contribution in [0.2, 0.25) is 0 Å². The van der Waals surface area contributed by atoms with Gasteiger partial charge in [-0.15, -0.1) is 0 Å². The molecule has 0 aliphatic heterocycles. The number of aliphatic hydroxyl groups is 1. The number of methoxy groups -OCH3 is 1. The van der Waals surface area contributed by atoms with Gasteiger partial charge in [0.2, 0.25) is 0 Å². The van der Waals surface area contributed by atoms with Gasteiger partial charge in [-0.25, -0.2) is 0 Å². The first-order valence-corrected chi connectivity index (χ1v) is 6.28. The highest BCUT2D eigenvalue weighted by Crippen LogP contribution is 2.36. The predicted octanol–water partition coefficient (Wildman–Crippen LogP) is 3.42. The number of benzene rings is 1. The van der Waals surface area contributed by atoms with Crippen molar-refractivity contribution >= 4 is 15.9 Å². The molecular formula is C13H19BrO2. The van der Waals surface area contributed by atoms with E-state index in [-0.39, 0.29) is 6.61 Å². The Morgan fingerprint density at radius 1 is 1.44 bits per heavy atom. The number of hydrogen-bond acceptors (Lipinski definition) is 2. The van der Waals surface area contributed by atoms with Crippen molar-refractivity contribution < 1.29 is 9.84 Å². The maximum atomic E-state index is 9.11. The Bertz CT molecular complexity index is 373. The SMILES string of the molecule is COc1c(C(C)C)cc(Br)c(C)c1CCO. The normalized spacial score (nSPS) is 10.9. The molecule has 0 saturated heterocycles. The van der Waals surface area contributed by atoms with Gasteiger partial charge in [-0.2, -0.15) is 0 Å². The van der Waals surface area contributed by atoms with Crippen molar-refractivity contribution in [1.29, 1.82) is 0 Å². The summed E-state index contributed by atoms with van der Waals surface area (Å²) in [6, 6.07) is 2.11. The second-order valence-electron chi connectivity index (χ2n) is 4.21. The van der Waals surface area contributed by atoms with Gasteiger partial charge in [0, 0.05) is 16.6 Å². The average molecular weight is 287 g/mol. The summed E-state index contributed by atoms with van der Waals surface area (Å²) in [6.45, 7) is 6.47. The highest BCUT2D eigenvalue weighted by Gasteiger charge is 2.16. The predicted molar refractivity (Wildman–Crippen MR) is 70.3 cm³/mol. The van der Waals surface area contributed by atoms with E-state index < -0.39 is 0 Å². The summed E-state index contributed by atoms with van der Waals surface area (Å²) in [5, 5.41) is 9.11. The lowest BCUT2D eigenvalue weighted by atomic mass is 9.94. The topological polar surface area (TPSA) is 29.5 Å². The van der Waals surface area contributed by atoms with E-state index in [2.05, 4.69) is 35.8 Å². The molecule has 0 unspecified atom stereocenters. The summed E-state index contributed by atoms with van der Waals surface area (Å²) in [5.74, 6) is 1.33. The number of aliphatic hydroxyl groups excluding tert-OH is 1. The number of halogens is 1. The molecule has 1 rings (SSSR count). The molecule has 0 aliphatic rings. The largest absolute Gasteiger partial charge is 0.496 e. The van der Waals surface area contributed by atoms with Crippen LogP contribution in [0.25, 0.3) is 0 Å². The molecule has 0 heterocycles. The van der Waals surface area contributed by atoms with Crippen molar-refractivity contribution in [2.75, 3.05) is 13.7 Å². The Morgan fingerprint density at radius 2 is 2.06 bits per heavy atom. The molecule has 90 valence electrons. The second-order valence-corrected chi connectivity index (χ2v) is 5.07. The molecule has 1 N–H and O–H groups in total. The Labute approximate surface area is 106 Å². The summed E-state index contributed by atoms with van der Waals surface area (Å²) in [7, 11) is 1.69. The van der Waals surface area contributed by atoms with E-state index >= 15 is 0 Å². The standard InChI is InChI=1S/C13H19BrO2/c1-8(2)11-7-12(14)9(3)10(5-6-15)13(11)16-4/h7-8,15H,5-6H2,1-4H3. The van der Waals surface area contributed by atoms with Crippen LogP contribution in [0.15, 0.2) is 10.5 Å². The Balaban J connectivity index is 3.42. The van der Waals surface area contributed by atoms with Gasteiger partial charge in [0.1, 0.15) is 5.75 Å². The molecule has 16 heavy (non-hydrogen) atoms. The van der Waals surface area contributed by atoms with Crippen LogP contribution in [0.5, 0.6) is 5.75 Å². The molecule has 0 atom stereocenters. The summed E-state index contributed by atoms with van der Waals surface area (Å²) < 4.78 is 6.58. The van der Waals surface area contributed by atoms with Crippen LogP contribution in [0.4, 0.5) is 0 Å². The zero-order valence-electron chi connectivity index (χ0n) is 10.3. The maximum Gasteiger partial charge on any atom is 0.125 e. The van der Waals surface area contributed by atoms with E-state index in [0.717, 1.165) is 21.3 Å². The average Bonchev–Trinajstić information content (AvgIpc) is 2.24. The molecule has 0 saturated carbocycles. The van der Waals surface area contributed by atoms with E-state index in [1.165, 1.54) is 5.56 Å². The Kier molecular flexibility index (Phi) is 4.81. The van der Waals surface area contributed by atoms with Crippen LogP contribution in [0.1, 0.15) is 36.5 Å². The van der Waals surface area contributed by atoms with Gasteiger partial charge in [0.15, 0.2) is 0 Å². The van der Waals surface area contributed by atoms with Crippen LogP contribution in [0.3, 0.4) is 0 Å². The molecule has 0 aromatic heterocycles. The molecule has 1 aromatic rings. The molecular weight excluding hydrogens is 268 g/mol. The van der Waals surface area contributed by atoms with Crippen LogP contribution in [0, 0.1) is 6.92 Å². The van der Waals surface area contributed by atoms with Crippen molar-refractivity contribution in [3.63, 3.8) is 0 Å². The third-order valence-corrected chi connectivity index (χ3v) is 3.64. The lowest BCUT2D eigenvalue weighted by molar-refractivity contribution is 0.296. The quantitative estimate of drug-likeness (QED) is 0.919. The van der Waals surface area contributed by atoms with E-state index in [1.807, 2.05) is 6.92 Å². The van der Waals surface area contributed by atoms with Crippen molar-refractivity contribution in [1.82, 2.24) is 0 Å². The molecule has 0 aliphatic carbocycles. The summed E-state index contributed by atoms with van der Waals surface area (Å²) >= 11 is 3.56. The minimum atomic E-state index is 0.144. The fourth-order valence-corrected chi connectivity index (χ4v) is 2.37. The van der Waals surface area contributed by atoms with E-state index in [4.69, 9.17) is 9.84 Å². The number of rotatable bonds is 4. The molecule has 0 radical (unpaired) electrons. The molecule has 0 fully saturated rings. The van der Waals surface area contributed by atoms with E-state index in [9.17, 15) is 0 Å². The van der Waals surface area contributed by atoms with Crippen LogP contribution >= 0.6 is 15.9 Å². The fourth-order valence-electron chi connectivity index (χ4n) is 1.88. The lowest BCUT2D eigenvalue weighted by Gasteiger charge is -2.19. The van der Waals surface area contributed by atoms with Crippen LogP contribution < -0.4 is 4.74 Å². The smallest absolute Gasteiger partial charge is 0.125 e. The van der Waals surface area contributed by atoms with Gasteiger partial charge >= 0.3 is 0 Å². The molecule has 3 heteroatoms. The number of hydrogen-bond donors (Lipinski definition) is 1. The van der Waals surface area contributed by atoms with Gasteiger partial charge in [0.05, 0.1) is 7.11 Å². The summed E-state index contributed by atoms with van der Waals surface area (Å²) in [4.78, 5) is 0.